The van der Waals surface area contributed by atoms with Crippen molar-refractivity contribution < 1.29 is 19.1 Å². The smallest absolute Gasteiger partial charge is 0.293 e. The number of carbonyl (C=O) groups excluding carboxylic acids is 1. The lowest BCUT2D eigenvalue weighted by Gasteiger charge is -2.44. The lowest BCUT2D eigenvalue weighted by molar-refractivity contribution is -0.925. The second-order valence-electron chi connectivity index (χ2n) is 9.61. The van der Waals surface area contributed by atoms with E-state index in [2.05, 4.69) is 24.2 Å². The summed E-state index contributed by atoms with van der Waals surface area (Å²) in [5, 5.41) is 12.4. The lowest BCUT2D eigenvalue weighted by atomic mass is 9.81. The summed E-state index contributed by atoms with van der Waals surface area (Å²) in [5.41, 5.74) is 3.60. The van der Waals surface area contributed by atoms with Crippen molar-refractivity contribution in [2.24, 2.45) is 0 Å². The molecule has 170 valence electrons. The molecule has 2 heterocycles. The summed E-state index contributed by atoms with van der Waals surface area (Å²) in [5.74, 6) is 0. The van der Waals surface area contributed by atoms with Gasteiger partial charge in [-0.25, -0.2) is 0 Å². The van der Waals surface area contributed by atoms with Gasteiger partial charge in [0.05, 0.1) is 20.1 Å². The van der Waals surface area contributed by atoms with Crippen LogP contribution in [0.15, 0.2) is 73.1 Å². The van der Waals surface area contributed by atoms with Gasteiger partial charge in [0.15, 0.2) is 11.7 Å². The molecule has 0 amide bonds. The molecule has 5 nitrogen and oxygen atoms in total. The number of aliphatic hydroxyl groups is 1. The molecule has 33 heavy (non-hydrogen) atoms. The predicted molar refractivity (Wildman–Crippen MR) is 127 cm³/mol. The summed E-state index contributed by atoms with van der Waals surface area (Å²) >= 11 is 0. The standard InChI is InChI=1S/C28H31N2O3/c1-30(18-6-8-21-14-16-29-17-15-21)19-7-13-26(30)27(33-20-31)28(32)24-11-4-2-9-22(24)23-10-3-5-12-25(23)28/h2-5,9-12,14-17,20,26-27,32H,6-8,13,18-19H2,1H3/q+1. The third kappa shape index (κ3) is 3.65. The Kier molecular flexibility index (Phi) is 5.77. The summed E-state index contributed by atoms with van der Waals surface area (Å²) in [6, 6.07) is 20.1. The molecule has 1 fully saturated rings. The minimum absolute atomic E-state index is 0.0110. The summed E-state index contributed by atoms with van der Waals surface area (Å²) in [6.45, 7) is 2.50. The third-order valence-corrected chi connectivity index (χ3v) is 7.78. The number of aromatic nitrogens is 1. The molecule has 0 bridgehead atoms. The van der Waals surface area contributed by atoms with Gasteiger partial charge in [-0.15, -0.1) is 0 Å². The number of pyridine rings is 1. The number of benzene rings is 2. The fourth-order valence-electron chi connectivity index (χ4n) is 6.17. The zero-order chi connectivity index (χ0) is 22.9. The lowest BCUT2D eigenvalue weighted by Crippen LogP contribution is -2.60. The van der Waals surface area contributed by atoms with Crippen LogP contribution in [0.2, 0.25) is 0 Å². The summed E-state index contributed by atoms with van der Waals surface area (Å²) < 4.78 is 6.62. The Morgan fingerprint density at radius 3 is 2.36 bits per heavy atom. The first kappa shape index (κ1) is 21.8. The number of rotatable bonds is 8. The molecular formula is C28H31N2O3+. The molecule has 3 unspecified atom stereocenters. The summed E-state index contributed by atoms with van der Waals surface area (Å²) in [6.07, 6.45) is 6.99. The van der Waals surface area contributed by atoms with Crippen molar-refractivity contribution in [1.29, 1.82) is 0 Å². The molecule has 5 rings (SSSR count). The van der Waals surface area contributed by atoms with Gasteiger partial charge in [-0.3, -0.25) is 9.78 Å². The van der Waals surface area contributed by atoms with E-state index >= 15 is 0 Å². The number of carbonyl (C=O) groups is 1. The molecule has 1 aliphatic heterocycles. The molecule has 0 saturated carbocycles. The molecule has 2 aromatic carbocycles. The third-order valence-electron chi connectivity index (χ3n) is 7.78. The molecule has 2 aliphatic rings. The van der Waals surface area contributed by atoms with E-state index in [0.29, 0.717) is 6.47 Å². The van der Waals surface area contributed by atoms with Crippen LogP contribution in [0.1, 0.15) is 36.0 Å². The topological polar surface area (TPSA) is 59.4 Å². The molecule has 3 aromatic rings. The van der Waals surface area contributed by atoms with E-state index in [1.807, 2.05) is 60.9 Å². The van der Waals surface area contributed by atoms with Crippen LogP contribution in [0.4, 0.5) is 0 Å². The Bertz CT molecular complexity index is 1090. The first-order valence-electron chi connectivity index (χ1n) is 11.8. The van der Waals surface area contributed by atoms with E-state index < -0.39 is 11.7 Å². The van der Waals surface area contributed by atoms with Crippen LogP contribution in [-0.4, -0.2) is 53.3 Å². The van der Waals surface area contributed by atoms with Crippen LogP contribution < -0.4 is 0 Å². The SMILES string of the molecule is C[N+]1(CCCc2ccncc2)CCCC1C(OC=O)C1(O)c2ccccc2-c2ccccc21. The summed E-state index contributed by atoms with van der Waals surface area (Å²) in [4.78, 5) is 15.9. The van der Waals surface area contributed by atoms with E-state index in [1.165, 1.54) is 5.56 Å². The number of nitrogens with zero attached hydrogens (tertiary/aromatic N) is 2. The second kappa shape index (κ2) is 8.73. The van der Waals surface area contributed by atoms with Crippen molar-refractivity contribution in [3.05, 3.63) is 89.7 Å². The van der Waals surface area contributed by atoms with E-state index in [4.69, 9.17) is 4.74 Å². The minimum Gasteiger partial charge on any atom is -0.454 e. The van der Waals surface area contributed by atoms with Crippen LogP contribution in [0.3, 0.4) is 0 Å². The Labute approximate surface area is 195 Å². The average Bonchev–Trinajstić information content (AvgIpc) is 3.35. The average molecular weight is 444 g/mol. The van der Waals surface area contributed by atoms with Crippen molar-refractivity contribution in [1.82, 2.24) is 4.98 Å². The number of likely N-dealkylation sites (tertiary alicyclic amines) is 1. The van der Waals surface area contributed by atoms with E-state index in [-0.39, 0.29) is 6.04 Å². The Morgan fingerprint density at radius 1 is 1.09 bits per heavy atom. The number of hydrogen-bond donors (Lipinski definition) is 1. The monoisotopic (exact) mass is 443 g/mol. The zero-order valence-corrected chi connectivity index (χ0v) is 19.1. The van der Waals surface area contributed by atoms with Gasteiger partial charge in [0, 0.05) is 31.7 Å². The van der Waals surface area contributed by atoms with E-state index in [1.54, 1.807) is 0 Å². The van der Waals surface area contributed by atoms with Gasteiger partial charge in [0.25, 0.3) is 6.47 Å². The maximum Gasteiger partial charge on any atom is 0.293 e. The molecular weight excluding hydrogens is 412 g/mol. The number of fused-ring (bicyclic) bond motifs is 3. The Morgan fingerprint density at radius 2 is 1.73 bits per heavy atom. The van der Waals surface area contributed by atoms with Crippen molar-refractivity contribution >= 4 is 6.47 Å². The molecule has 0 spiro atoms. The highest BCUT2D eigenvalue weighted by Crippen LogP contribution is 2.52. The number of ether oxygens (including phenoxy) is 1. The number of likely N-dealkylation sites (N-methyl/N-ethyl adjacent to an activating group) is 1. The van der Waals surface area contributed by atoms with Crippen molar-refractivity contribution in [3.63, 3.8) is 0 Å². The van der Waals surface area contributed by atoms with E-state index in [0.717, 1.165) is 65.5 Å². The largest absolute Gasteiger partial charge is 0.454 e. The van der Waals surface area contributed by atoms with Gasteiger partial charge in [0.2, 0.25) is 0 Å². The van der Waals surface area contributed by atoms with Gasteiger partial charge in [0.1, 0.15) is 6.04 Å². The molecule has 1 saturated heterocycles. The fraction of sp³-hybridized carbons (Fsp3) is 0.357. The predicted octanol–water partition coefficient (Wildman–Crippen LogP) is 4.08. The Balaban J connectivity index is 1.48. The molecule has 5 heteroatoms. The van der Waals surface area contributed by atoms with Gasteiger partial charge in [-0.2, -0.15) is 0 Å². The second-order valence-corrected chi connectivity index (χ2v) is 9.61. The van der Waals surface area contributed by atoms with Gasteiger partial charge in [-0.1, -0.05) is 48.5 Å². The minimum atomic E-state index is -1.37. The van der Waals surface area contributed by atoms with E-state index in [9.17, 15) is 9.90 Å². The van der Waals surface area contributed by atoms with Crippen LogP contribution in [0.5, 0.6) is 0 Å². The number of aryl methyl sites for hydroxylation is 1. The molecule has 3 atom stereocenters. The number of quaternary nitrogens is 1. The summed E-state index contributed by atoms with van der Waals surface area (Å²) in [7, 11) is 2.25. The van der Waals surface area contributed by atoms with Crippen LogP contribution >= 0.6 is 0 Å². The van der Waals surface area contributed by atoms with Crippen LogP contribution in [0.25, 0.3) is 11.1 Å². The first-order valence-corrected chi connectivity index (χ1v) is 11.8. The van der Waals surface area contributed by atoms with Crippen molar-refractivity contribution in [2.75, 3.05) is 20.1 Å². The first-order chi connectivity index (χ1) is 16.1. The highest BCUT2D eigenvalue weighted by atomic mass is 16.5. The molecule has 1 N–H and O–H groups in total. The maximum atomic E-state index is 12.4. The quantitative estimate of drug-likeness (QED) is 0.421. The maximum absolute atomic E-state index is 12.4. The van der Waals surface area contributed by atoms with Gasteiger partial charge < -0.3 is 14.3 Å². The van der Waals surface area contributed by atoms with Crippen LogP contribution in [-0.2, 0) is 21.6 Å². The van der Waals surface area contributed by atoms with Gasteiger partial charge >= 0.3 is 0 Å². The fourth-order valence-corrected chi connectivity index (χ4v) is 6.17. The van der Waals surface area contributed by atoms with Gasteiger partial charge in [-0.05, 0) is 46.4 Å². The Hall–Kier alpha value is -3.02. The normalized spacial score (nSPS) is 23.5. The number of hydrogen-bond acceptors (Lipinski definition) is 4. The van der Waals surface area contributed by atoms with Crippen molar-refractivity contribution in [3.8, 4) is 11.1 Å². The zero-order valence-electron chi connectivity index (χ0n) is 19.1. The molecule has 0 radical (unpaired) electrons. The molecule has 1 aromatic heterocycles. The molecule has 1 aliphatic carbocycles. The highest BCUT2D eigenvalue weighted by molar-refractivity contribution is 5.80. The van der Waals surface area contributed by atoms with Crippen molar-refractivity contribution in [2.45, 2.75) is 43.4 Å². The highest BCUT2D eigenvalue weighted by Gasteiger charge is 2.57. The van der Waals surface area contributed by atoms with Crippen LogP contribution in [0, 0.1) is 0 Å².